The van der Waals surface area contributed by atoms with Crippen LogP contribution in [0.15, 0.2) is 0 Å². The van der Waals surface area contributed by atoms with E-state index in [2.05, 4.69) is 0 Å². The van der Waals surface area contributed by atoms with Gasteiger partial charge in [-0.25, -0.2) is 4.79 Å². The van der Waals surface area contributed by atoms with Crippen LogP contribution in [-0.2, 0) is 14.3 Å². The molecule has 1 aliphatic heterocycles. The minimum Gasteiger partial charge on any atom is -0.453 e. The summed E-state index contributed by atoms with van der Waals surface area (Å²) in [5.74, 6) is -0.445. The normalized spacial score (nSPS) is 24.0. The van der Waals surface area contributed by atoms with Crippen molar-refractivity contribution in [1.82, 2.24) is 9.80 Å². The number of ketones is 1. The molecule has 9 heteroatoms. The number of hydrogen-bond acceptors (Lipinski definition) is 4. The SMILES string of the molecule is COC(=O)N(C)[C@@H]1CN(C(=O)C(Cl)(Cl)Cl)C2(CCC(=O)CC2)C1. The van der Waals surface area contributed by atoms with Crippen LogP contribution < -0.4 is 0 Å². The molecular formula is C14H19Cl3N2O4. The van der Waals surface area contributed by atoms with Crippen molar-refractivity contribution in [2.24, 2.45) is 0 Å². The standard InChI is InChI=1S/C14H19Cl3N2O4/c1-18(12(22)23-2)9-7-13(5-3-10(20)4-6-13)19(8-9)11(21)14(15,16)17/h9H,3-8H2,1-2H3/t9-/m0/s1. The maximum Gasteiger partial charge on any atom is 0.409 e. The third-order valence-corrected chi connectivity index (χ3v) is 5.30. The van der Waals surface area contributed by atoms with Crippen LogP contribution in [0.3, 0.4) is 0 Å². The van der Waals surface area contributed by atoms with Crippen LogP contribution >= 0.6 is 34.8 Å². The van der Waals surface area contributed by atoms with Gasteiger partial charge < -0.3 is 14.5 Å². The number of halogens is 3. The number of Topliss-reactive ketones (excluding diaryl/α,β-unsaturated/α-hetero) is 1. The number of rotatable bonds is 1. The van der Waals surface area contributed by atoms with E-state index >= 15 is 0 Å². The molecule has 0 unspecified atom stereocenters. The first-order valence-electron chi connectivity index (χ1n) is 7.32. The first-order chi connectivity index (χ1) is 10.6. The van der Waals surface area contributed by atoms with Gasteiger partial charge in [-0.3, -0.25) is 9.59 Å². The van der Waals surface area contributed by atoms with Crippen LogP contribution in [0.1, 0.15) is 32.1 Å². The molecule has 1 saturated carbocycles. The van der Waals surface area contributed by atoms with E-state index in [1.165, 1.54) is 16.9 Å². The molecule has 23 heavy (non-hydrogen) atoms. The number of amides is 2. The van der Waals surface area contributed by atoms with Crippen molar-refractivity contribution in [2.45, 2.75) is 47.5 Å². The summed E-state index contributed by atoms with van der Waals surface area (Å²) < 4.78 is 2.67. The molecule has 1 heterocycles. The van der Waals surface area contributed by atoms with E-state index in [0.29, 0.717) is 32.1 Å². The van der Waals surface area contributed by atoms with Crippen LogP contribution in [-0.4, -0.2) is 63.7 Å². The second-order valence-electron chi connectivity index (χ2n) is 6.12. The van der Waals surface area contributed by atoms with E-state index in [9.17, 15) is 14.4 Å². The lowest BCUT2D eigenvalue weighted by Gasteiger charge is -2.42. The fourth-order valence-corrected chi connectivity index (χ4v) is 3.80. The minimum atomic E-state index is -2.06. The zero-order valence-corrected chi connectivity index (χ0v) is 15.2. The Morgan fingerprint density at radius 1 is 1.30 bits per heavy atom. The molecule has 0 aromatic rings. The number of likely N-dealkylation sites (N-methyl/N-ethyl adjacent to an activating group) is 1. The van der Waals surface area contributed by atoms with Gasteiger partial charge in [-0.05, 0) is 19.3 Å². The Hall–Kier alpha value is -0.720. The molecule has 0 aromatic carbocycles. The lowest BCUT2D eigenvalue weighted by Crippen LogP contribution is -2.53. The van der Waals surface area contributed by atoms with Gasteiger partial charge in [0.25, 0.3) is 9.70 Å². The van der Waals surface area contributed by atoms with Gasteiger partial charge in [0.05, 0.1) is 13.2 Å². The maximum absolute atomic E-state index is 12.5. The van der Waals surface area contributed by atoms with Crippen molar-refractivity contribution in [3.05, 3.63) is 0 Å². The molecule has 130 valence electrons. The van der Waals surface area contributed by atoms with Gasteiger partial charge >= 0.3 is 6.09 Å². The number of ether oxygens (including phenoxy) is 1. The van der Waals surface area contributed by atoms with Gasteiger partial charge in [-0.15, -0.1) is 0 Å². The van der Waals surface area contributed by atoms with Crippen molar-refractivity contribution >= 4 is 52.6 Å². The summed E-state index contributed by atoms with van der Waals surface area (Å²) in [6, 6.07) is -0.244. The van der Waals surface area contributed by atoms with Gasteiger partial charge in [0, 0.05) is 32.0 Å². The quantitative estimate of drug-likeness (QED) is 0.651. The fourth-order valence-electron chi connectivity index (χ4n) is 3.49. The van der Waals surface area contributed by atoms with Gasteiger partial charge in [0.2, 0.25) is 0 Å². The van der Waals surface area contributed by atoms with E-state index in [1.54, 1.807) is 7.05 Å². The highest BCUT2D eigenvalue weighted by Crippen LogP contribution is 2.45. The van der Waals surface area contributed by atoms with Crippen molar-refractivity contribution in [1.29, 1.82) is 0 Å². The Labute approximate surface area is 149 Å². The van der Waals surface area contributed by atoms with Crippen LogP contribution in [0.5, 0.6) is 0 Å². The molecule has 2 fully saturated rings. The molecule has 2 aliphatic rings. The molecule has 2 amide bonds. The monoisotopic (exact) mass is 384 g/mol. The number of hydrogen-bond donors (Lipinski definition) is 0. The van der Waals surface area contributed by atoms with Gasteiger partial charge in [0.1, 0.15) is 5.78 Å². The number of nitrogens with zero attached hydrogens (tertiary/aromatic N) is 2. The number of carbonyl (C=O) groups is 3. The Morgan fingerprint density at radius 3 is 2.35 bits per heavy atom. The summed E-state index contributed by atoms with van der Waals surface area (Å²) in [7, 11) is 2.91. The van der Waals surface area contributed by atoms with Crippen LogP contribution in [0.2, 0.25) is 0 Å². The summed E-state index contributed by atoms with van der Waals surface area (Å²) in [4.78, 5) is 38.9. The fraction of sp³-hybridized carbons (Fsp3) is 0.786. The number of carbonyl (C=O) groups excluding carboxylic acids is 3. The third-order valence-electron chi connectivity index (χ3n) is 4.82. The van der Waals surface area contributed by atoms with Crippen LogP contribution in [0.25, 0.3) is 0 Å². The van der Waals surface area contributed by atoms with Crippen molar-refractivity contribution < 1.29 is 19.1 Å². The summed E-state index contributed by atoms with van der Waals surface area (Å²) in [5, 5.41) is 0. The minimum absolute atomic E-state index is 0.168. The lowest BCUT2D eigenvalue weighted by molar-refractivity contribution is -0.138. The Bertz CT molecular complexity index is 511. The van der Waals surface area contributed by atoms with Crippen LogP contribution in [0.4, 0.5) is 4.79 Å². The zero-order valence-electron chi connectivity index (χ0n) is 13.0. The predicted molar refractivity (Wildman–Crippen MR) is 86.8 cm³/mol. The highest BCUT2D eigenvalue weighted by molar-refractivity contribution is 6.76. The smallest absolute Gasteiger partial charge is 0.409 e. The largest absolute Gasteiger partial charge is 0.453 e. The van der Waals surface area contributed by atoms with Gasteiger partial charge in [0.15, 0.2) is 0 Å². The molecule has 1 aliphatic carbocycles. The molecule has 1 saturated heterocycles. The Morgan fingerprint density at radius 2 is 1.87 bits per heavy atom. The van der Waals surface area contributed by atoms with Crippen molar-refractivity contribution in [3.8, 4) is 0 Å². The molecule has 0 N–H and O–H groups in total. The average Bonchev–Trinajstić information content (AvgIpc) is 2.86. The molecule has 0 aromatic heterocycles. The molecule has 6 nitrogen and oxygen atoms in total. The Kier molecular flexibility index (Phi) is 5.38. The Balaban J connectivity index is 2.27. The molecule has 0 radical (unpaired) electrons. The summed E-state index contributed by atoms with van der Waals surface area (Å²) in [6.45, 7) is 0.256. The van der Waals surface area contributed by atoms with E-state index in [-0.39, 0.29) is 18.4 Å². The van der Waals surface area contributed by atoms with Crippen molar-refractivity contribution in [2.75, 3.05) is 20.7 Å². The van der Waals surface area contributed by atoms with Gasteiger partial charge in [-0.1, -0.05) is 34.8 Å². The molecule has 1 atom stereocenters. The second-order valence-corrected chi connectivity index (χ2v) is 8.40. The zero-order chi connectivity index (χ0) is 17.4. The van der Waals surface area contributed by atoms with Crippen LogP contribution in [0, 0.1) is 0 Å². The predicted octanol–water partition coefficient (Wildman–Crippen LogP) is 2.54. The van der Waals surface area contributed by atoms with E-state index in [4.69, 9.17) is 39.5 Å². The first-order valence-corrected chi connectivity index (χ1v) is 8.45. The van der Waals surface area contributed by atoms with Gasteiger partial charge in [-0.2, -0.15) is 0 Å². The summed E-state index contributed by atoms with van der Waals surface area (Å²) in [5.41, 5.74) is -0.554. The van der Waals surface area contributed by atoms with E-state index < -0.39 is 21.3 Å². The topological polar surface area (TPSA) is 66.9 Å². The average molecular weight is 386 g/mol. The van der Waals surface area contributed by atoms with E-state index in [0.717, 1.165) is 0 Å². The summed E-state index contributed by atoms with van der Waals surface area (Å²) >= 11 is 17.3. The van der Waals surface area contributed by atoms with Crippen molar-refractivity contribution in [3.63, 3.8) is 0 Å². The lowest BCUT2D eigenvalue weighted by atomic mass is 9.78. The highest BCUT2D eigenvalue weighted by Gasteiger charge is 2.54. The van der Waals surface area contributed by atoms with E-state index in [1.807, 2.05) is 0 Å². The third kappa shape index (κ3) is 3.69. The molecule has 1 spiro atoms. The first kappa shape index (κ1) is 18.6. The highest BCUT2D eigenvalue weighted by atomic mass is 35.6. The molecule has 2 rings (SSSR count). The maximum atomic E-state index is 12.5. The number of alkyl halides is 3. The summed E-state index contributed by atoms with van der Waals surface area (Å²) in [6.07, 6.45) is 1.86. The molecular weight excluding hydrogens is 367 g/mol. The second kappa shape index (κ2) is 6.65. The number of likely N-dealkylation sites (tertiary alicyclic amines) is 1. The number of methoxy groups -OCH3 is 1. The molecule has 0 bridgehead atoms.